The molecule has 0 aliphatic heterocycles. The summed E-state index contributed by atoms with van der Waals surface area (Å²) in [5, 5.41) is 0.763. The Balaban J connectivity index is 2.11. The molecule has 1 aromatic carbocycles. The van der Waals surface area contributed by atoms with E-state index in [0.717, 1.165) is 16.5 Å². The van der Waals surface area contributed by atoms with Gasteiger partial charge in [-0.25, -0.2) is 8.42 Å². The quantitative estimate of drug-likeness (QED) is 0.707. The van der Waals surface area contributed by atoms with Crippen molar-refractivity contribution in [1.29, 1.82) is 0 Å². The Bertz CT molecular complexity index is 958. The molecule has 0 atom stereocenters. The van der Waals surface area contributed by atoms with Gasteiger partial charge in [-0.3, -0.25) is 14.8 Å². The molecule has 116 valence electrons. The number of amides is 1. The first-order chi connectivity index (χ1) is 11.0. The molecule has 0 radical (unpaired) electrons. The van der Waals surface area contributed by atoms with Crippen LogP contribution in [-0.4, -0.2) is 24.3 Å². The van der Waals surface area contributed by atoms with Crippen molar-refractivity contribution in [1.82, 2.24) is 9.97 Å². The highest BCUT2D eigenvalue weighted by molar-refractivity contribution is 7.71. The van der Waals surface area contributed by atoms with Gasteiger partial charge in [-0.2, -0.15) is 0 Å². The fraction of sp³-hybridized carbons (Fsp3) is 0.0625. The first kappa shape index (κ1) is 15.1. The van der Waals surface area contributed by atoms with Crippen molar-refractivity contribution in [2.45, 2.75) is 5.75 Å². The second kappa shape index (κ2) is 6.13. The molecular weight excluding hydrogens is 314 g/mol. The molecule has 0 bridgehead atoms. The van der Waals surface area contributed by atoms with Gasteiger partial charge in [-0.1, -0.05) is 24.3 Å². The molecule has 0 fully saturated rings. The van der Waals surface area contributed by atoms with Gasteiger partial charge in [-0.05, 0) is 17.2 Å². The third-order valence-corrected chi connectivity index (χ3v) is 4.09. The number of rotatable bonds is 4. The van der Waals surface area contributed by atoms with Crippen LogP contribution in [0, 0.1) is 0 Å². The predicted molar refractivity (Wildman–Crippen MR) is 87.5 cm³/mol. The first-order valence-corrected chi connectivity index (χ1v) is 8.15. The van der Waals surface area contributed by atoms with E-state index in [2.05, 4.69) is 9.97 Å². The maximum absolute atomic E-state index is 11.3. The van der Waals surface area contributed by atoms with Crippen LogP contribution in [-0.2, 0) is 16.5 Å². The maximum Gasteiger partial charge on any atom is 0.250 e. The number of nitrogens with two attached hydrogens (primary N) is 1. The molecule has 0 unspecified atom stereocenters. The van der Waals surface area contributed by atoms with Gasteiger partial charge in [0.25, 0.3) is 0 Å². The Morgan fingerprint density at radius 2 is 1.83 bits per heavy atom. The molecule has 7 heteroatoms. The van der Waals surface area contributed by atoms with E-state index in [-0.39, 0.29) is 5.75 Å². The van der Waals surface area contributed by atoms with Crippen molar-refractivity contribution in [2.24, 2.45) is 5.73 Å². The number of carbonyl (C=O) groups is 1. The van der Waals surface area contributed by atoms with E-state index < -0.39 is 16.6 Å². The van der Waals surface area contributed by atoms with Crippen LogP contribution >= 0.6 is 0 Å². The first-order valence-electron chi connectivity index (χ1n) is 6.79. The molecule has 3 aromatic rings. The van der Waals surface area contributed by atoms with E-state index >= 15 is 0 Å². The maximum atomic E-state index is 11.3. The second-order valence-corrected chi connectivity index (χ2v) is 6.01. The lowest BCUT2D eigenvalue weighted by molar-refractivity contribution is 0.1000. The smallest absolute Gasteiger partial charge is 0.250 e. The van der Waals surface area contributed by atoms with Gasteiger partial charge >= 0.3 is 0 Å². The van der Waals surface area contributed by atoms with Gasteiger partial charge in [0.15, 0.2) is 0 Å². The van der Waals surface area contributed by atoms with E-state index in [1.165, 1.54) is 6.20 Å². The van der Waals surface area contributed by atoms with Gasteiger partial charge in [-0.15, -0.1) is 0 Å². The SMILES string of the molecule is NC(=O)c1cnc2cncc(-c3ccc(C[SH](=O)=O)cc3)c2c1. The van der Waals surface area contributed by atoms with E-state index in [9.17, 15) is 13.2 Å². The molecule has 23 heavy (non-hydrogen) atoms. The normalized spacial score (nSPS) is 11.0. The zero-order chi connectivity index (χ0) is 16.4. The largest absolute Gasteiger partial charge is 0.366 e. The number of benzene rings is 1. The molecule has 0 spiro atoms. The highest BCUT2D eigenvalue weighted by atomic mass is 32.2. The summed E-state index contributed by atoms with van der Waals surface area (Å²) in [7, 11) is -2.45. The van der Waals surface area contributed by atoms with Crippen LogP contribution in [0.5, 0.6) is 0 Å². The zero-order valence-electron chi connectivity index (χ0n) is 12.0. The molecule has 0 saturated heterocycles. The van der Waals surface area contributed by atoms with Crippen LogP contribution < -0.4 is 5.73 Å². The average Bonchev–Trinajstić information content (AvgIpc) is 2.54. The molecular formula is C16H13N3O3S. The lowest BCUT2D eigenvalue weighted by Crippen LogP contribution is -2.11. The number of thiol groups is 1. The lowest BCUT2D eigenvalue weighted by atomic mass is 10.0. The van der Waals surface area contributed by atoms with E-state index in [1.807, 2.05) is 12.1 Å². The summed E-state index contributed by atoms with van der Waals surface area (Å²) in [6.07, 6.45) is 4.71. The highest BCUT2D eigenvalue weighted by Crippen LogP contribution is 2.27. The van der Waals surface area contributed by atoms with E-state index in [4.69, 9.17) is 5.73 Å². The van der Waals surface area contributed by atoms with Crippen LogP contribution in [0.25, 0.3) is 22.0 Å². The second-order valence-electron chi connectivity index (χ2n) is 5.03. The summed E-state index contributed by atoms with van der Waals surface area (Å²) >= 11 is 0. The Labute approximate surface area is 133 Å². The summed E-state index contributed by atoms with van der Waals surface area (Å²) < 4.78 is 21.5. The third-order valence-electron chi connectivity index (χ3n) is 3.47. The average molecular weight is 327 g/mol. The molecule has 2 heterocycles. The number of hydrogen-bond acceptors (Lipinski definition) is 5. The van der Waals surface area contributed by atoms with Gasteiger partial charge in [0, 0.05) is 23.3 Å². The van der Waals surface area contributed by atoms with Gasteiger partial charge in [0.2, 0.25) is 5.91 Å². The van der Waals surface area contributed by atoms with E-state index in [1.54, 1.807) is 30.6 Å². The van der Waals surface area contributed by atoms with Gasteiger partial charge in [0.1, 0.15) is 10.7 Å². The summed E-state index contributed by atoms with van der Waals surface area (Å²) in [5.41, 5.74) is 8.66. The molecule has 2 aromatic heterocycles. The van der Waals surface area contributed by atoms with Crippen molar-refractivity contribution in [3.05, 3.63) is 60.0 Å². The Kier molecular flexibility index (Phi) is 4.03. The highest BCUT2D eigenvalue weighted by Gasteiger charge is 2.09. The van der Waals surface area contributed by atoms with Crippen molar-refractivity contribution >= 4 is 27.5 Å². The number of carbonyl (C=O) groups excluding carboxylic acids is 1. The number of fused-ring (bicyclic) bond motifs is 1. The van der Waals surface area contributed by atoms with E-state index in [0.29, 0.717) is 16.6 Å². The summed E-state index contributed by atoms with van der Waals surface area (Å²) in [4.78, 5) is 19.7. The summed E-state index contributed by atoms with van der Waals surface area (Å²) in [6.45, 7) is 0. The molecule has 3 rings (SSSR count). The number of aromatic nitrogens is 2. The number of primary amides is 1. The van der Waals surface area contributed by atoms with Gasteiger partial charge < -0.3 is 5.73 Å². The fourth-order valence-electron chi connectivity index (χ4n) is 2.35. The Hall–Kier alpha value is -2.80. The monoisotopic (exact) mass is 327 g/mol. The van der Waals surface area contributed by atoms with Crippen molar-refractivity contribution < 1.29 is 13.2 Å². The Morgan fingerprint density at radius 1 is 1.09 bits per heavy atom. The van der Waals surface area contributed by atoms with Crippen molar-refractivity contribution in [3.63, 3.8) is 0 Å². The molecule has 6 nitrogen and oxygen atoms in total. The van der Waals surface area contributed by atoms with Crippen molar-refractivity contribution in [2.75, 3.05) is 0 Å². The van der Waals surface area contributed by atoms with Crippen molar-refractivity contribution in [3.8, 4) is 11.1 Å². The number of hydrogen-bond donors (Lipinski definition) is 2. The molecule has 0 saturated carbocycles. The van der Waals surface area contributed by atoms with Gasteiger partial charge in [0.05, 0.1) is 23.0 Å². The molecule has 2 N–H and O–H groups in total. The summed E-state index contributed by atoms with van der Waals surface area (Å²) in [6, 6.07) is 8.84. The number of nitrogens with zero attached hydrogens (tertiary/aromatic N) is 2. The molecule has 0 aliphatic rings. The third kappa shape index (κ3) is 3.19. The summed E-state index contributed by atoms with van der Waals surface area (Å²) in [5.74, 6) is -0.534. The standard InChI is InChI=1S/C16H13N3O3S/c17-16(20)12-5-13-14(7-18-8-15(13)19-6-12)11-3-1-10(2-4-11)9-23(21)22/h1-8,23H,9H2,(H2,17,20). The zero-order valence-corrected chi connectivity index (χ0v) is 12.9. The Morgan fingerprint density at radius 3 is 2.48 bits per heavy atom. The molecule has 0 aliphatic carbocycles. The predicted octanol–water partition coefficient (Wildman–Crippen LogP) is 1.51. The minimum atomic E-state index is -2.45. The minimum Gasteiger partial charge on any atom is -0.366 e. The molecule has 1 amide bonds. The number of pyridine rings is 2. The minimum absolute atomic E-state index is 0.0107. The van der Waals surface area contributed by atoms with Crippen LogP contribution in [0.3, 0.4) is 0 Å². The van der Waals surface area contributed by atoms with Crippen LogP contribution in [0.1, 0.15) is 15.9 Å². The van der Waals surface area contributed by atoms with Crippen LogP contribution in [0.4, 0.5) is 0 Å². The van der Waals surface area contributed by atoms with Crippen LogP contribution in [0.15, 0.2) is 48.9 Å². The fourth-order valence-corrected chi connectivity index (χ4v) is 2.86. The van der Waals surface area contributed by atoms with Crippen LogP contribution in [0.2, 0.25) is 0 Å². The topological polar surface area (TPSA) is 103 Å². The lowest BCUT2D eigenvalue weighted by Gasteiger charge is -2.07.